The molecule has 2 heterocycles. The van der Waals surface area contributed by atoms with Crippen molar-refractivity contribution < 1.29 is 4.79 Å². The number of hydrogen-bond donors (Lipinski definition) is 2. The molecular weight excluding hydrogens is 374 g/mol. The fourth-order valence-corrected chi connectivity index (χ4v) is 4.31. The molecule has 6 nitrogen and oxygen atoms in total. The molecule has 1 amide bonds. The van der Waals surface area contributed by atoms with E-state index < -0.39 is 0 Å². The van der Waals surface area contributed by atoms with E-state index in [4.69, 9.17) is 4.99 Å². The van der Waals surface area contributed by atoms with Gasteiger partial charge in [-0.15, -0.1) is 0 Å². The lowest BCUT2D eigenvalue weighted by Crippen LogP contribution is -2.45. The quantitative estimate of drug-likeness (QED) is 0.533. The van der Waals surface area contributed by atoms with Crippen molar-refractivity contribution in [3.63, 3.8) is 0 Å². The molecule has 0 bridgehead atoms. The predicted octanol–water partition coefficient (Wildman–Crippen LogP) is 3.13. The summed E-state index contributed by atoms with van der Waals surface area (Å²) in [6.45, 7) is 10.6. The Bertz CT molecular complexity index is 679. The van der Waals surface area contributed by atoms with E-state index in [1.54, 1.807) is 0 Å². The number of rotatable bonds is 7. The molecule has 0 aliphatic carbocycles. The van der Waals surface area contributed by atoms with E-state index in [0.717, 1.165) is 38.6 Å². The molecule has 30 heavy (non-hydrogen) atoms. The third-order valence-electron chi connectivity index (χ3n) is 6.08. The average Bonchev–Trinajstić information content (AvgIpc) is 3.08. The zero-order valence-electron chi connectivity index (χ0n) is 18.8. The lowest BCUT2D eigenvalue weighted by molar-refractivity contribution is -0.129. The van der Waals surface area contributed by atoms with Crippen LogP contribution in [0.3, 0.4) is 0 Å². The van der Waals surface area contributed by atoms with Crippen LogP contribution in [0, 0.1) is 0 Å². The van der Waals surface area contributed by atoms with Crippen LogP contribution in [0.25, 0.3) is 0 Å². The molecule has 1 unspecified atom stereocenters. The maximum Gasteiger partial charge on any atom is 0.222 e. The smallest absolute Gasteiger partial charge is 0.222 e. The lowest BCUT2D eigenvalue weighted by atomic mass is 10.1. The highest BCUT2D eigenvalue weighted by atomic mass is 16.2. The molecule has 6 heteroatoms. The molecule has 2 fully saturated rings. The molecule has 1 aromatic carbocycles. The zero-order valence-corrected chi connectivity index (χ0v) is 18.8. The third-order valence-corrected chi connectivity index (χ3v) is 6.08. The molecule has 0 saturated carbocycles. The Labute approximate surface area is 182 Å². The minimum atomic E-state index is 0.238. The van der Waals surface area contributed by atoms with Gasteiger partial charge in [-0.25, -0.2) is 4.99 Å². The van der Waals surface area contributed by atoms with Crippen molar-refractivity contribution in [2.75, 3.05) is 32.7 Å². The highest BCUT2D eigenvalue weighted by Gasteiger charge is 2.25. The summed E-state index contributed by atoms with van der Waals surface area (Å²) < 4.78 is 0. The second-order valence-electron chi connectivity index (χ2n) is 8.53. The number of carbonyl (C=O) groups is 1. The first-order valence-electron chi connectivity index (χ1n) is 11.8. The minimum Gasteiger partial charge on any atom is -0.357 e. The Morgan fingerprint density at radius 2 is 1.73 bits per heavy atom. The van der Waals surface area contributed by atoms with Crippen molar-refractivity contribution in [2.24, 2.45) is 4.99 Å². The number of guanidine groups is 1. The number of benzene rings is 1. The topological polar surface area (TPSA) is 60.0 Å². The zero-order chi connectivity index (χ0) is 21.2. The van der Waals surface area contributed by atoms with E-state index >= 15 is 0 Å². The molecule has 166 valence electrons. The summed E-state index contributed by atoms with van der Waals surface area (Å²) in [6.07, 6.45) is 6.97. The van der Waals surface area contributed by atoms with Crippen LogP contribution in [-0.4, -0.2) is 60.4 Å². The van der Waals surface area contributed by atoms with Gasteiger partial charge in [-0.1, -0.05) is 44.0 Å². The van der Waals surface area contributed by atoms with Crippen molar-refractivity contribution in [3.8, 4) is 0 Å². The van der Waals surface area contributed by atoms with Crippen molar-refractivity contribution in [1.29, 1.82) is 0 Å². The van der Waals surface area contributed by atoms with Crippen molar-refractivity contribution in [1.82, 2.24) is 20.4 Å². The fourth-order valence-electron chi connectivity index (χ4n) is 4.31. The van der Waals surface area contributed by atoms with Gasteiger partial charge >= 0.3 is 0 Å². The Balaban J connectivity index is 1.51. The van der Waals surface area contributed by atoms with Gasteiger partial charge in [0, 0.05) is 38.6 Å². The molecule has 0 spiro atoms. The van der Waals surface area contributed by atoms with E-state index in [0.29, 0.717) is 13.0 Å². The van der Waals surface area contributed by atoms with Crippen LogP contribution in [0.1, 0.15) is 63.5 Å². The number of carbonyl (C=O) groups excluding carboxylic acids is 1. The van der Waals surface area contributed by atoms with Gasteiger partial charge in [0.2, 0.25) is 5.91 Å². The first-order valence-corrected chi connectivity index (χ1v) is 11.8. The van der Waals surface area contributed by atoms with Crippen LogP contribution in [-0.2, 0) is 17.9 Å². The molecule has 1 atom stereocenters. The lowest BCUT2D eigenvalue weighted by Gasteiger charge is -2.20. The van der Waals surface area contributed by atoms with E-state index in [9.17, 15) is 4.79 Å². The molecule has 2 aliphatic rings. The monoisotopic (exact) mass is 413 g/mol. The van der Waals surface area contributed by atoms with E-state index in [-0.39, 0.29) is 11.9 Å². The average molecular weight is 414 g/mol. The Morgan fingerprint density at radius 1 is 1.03 bits per heavy atom. The highest BCUT2D eigenvalue weighted by Crippen LogP contribution is 2.14. The fraction of sp³-hybridized carbons (Fsp3) is 0.667. The van der Waals surface area contributed by atoms with Gasteiger partial charge in [-0.3, -0.25) is 9.69 Å². The normalized spacial score (nSPS) is 20.8. The standard InChI is InChI=1S/C24H39N5O/c1-3-23(30)29-16-13-22(19-29)27-24(25-4-2)26-17-20-9-11-21(12-10-20)18-28-14-7-5-6-8-15-28/h9-12,22H,3-8,13-19H2,1-2H3,(H2,25,26,27). The summed E-state index contributed by atoms with van der Waals surface area (Å²) in [5.74, 6) is 1.07. The Kier molecular flexibility index (Phi) is 9.00. The largest absolute Gasteiger partial charge is 0.357 e. The predicted molar refractivity (Wildman–Crippen MR) is 123 cm³/mol. The van der Waals surface area contributed by atoms with Gasteiger partial charge in [0.1, 0.15) is 0 Å². The number of amides is 1. The van der Waals surface area contributed by atoms with Crippen LogP contribution in [0.2, 0.25) is 0 Å². The van der Waals surface area contributed by atoms with Crippen LogP contribution < -0.4 is 10.6 Å². The number of likely N-dealkylation sites (tertiary alicyclic amines) is 2. The van der Waals surface area contributed by atoms with Crippen LogP contribution in [0.15, 0.2) is 29.3 Å². The molecule has 1 aromatic rings. The van der Waals surface area contributed by atoms with E-state index in [1.165, 1.54) is 49.9 Å². The Morgan fingerprint density at radius 3 is 2.40 bits per heavy atom. The van der Waals surface area contributed by atoms with Gasteiger partial charge in [-0.05, 0) is 50.4 Å². The minimum absolute atomic E-state index is 0.238. The number of nitrogens with zero attached hydrogens (tertiary/aromatic N) is 3. The maximum atomic E-state index is 11.9. The molecule has 2 saturated heterocycles. The number of aliphatic imine (C=N–C) groups is 1. The van der Waals surface area contributed by atoms with Gasteiger partial charge < -0.3 is 15.5 Å². The van der Waals surface area contributed by atoms with Crippen molar-refractivity contribution >= 4 is 11.9 Å². The van der Waals surface area contributed by atoms with Gasteiger partial charge in [-0.2, -0.15) is 0 Å². The Hall–Kier alpha value is -2.08. The van der Waals surface area contributed by atoms with E-state index in [1.807, 2.05) is 11.8 Å². The molecular formula is C24H39N5O. The van der Waals surface area contributed by atoms with Crippen molar-refractivity contribution in [2.45, 2.75) is 71.5 Å². The second kappa shape index (κ2) is 11.9. The van der Waals surface area contributed by atoms with Crippen molar-refractivity contribution in [3.05, 3.63) is 35.4 Å². The van der Waals surface area contributed by atoms with E-state index in [2.05, 4.69) is 46.7 Å². The van der Waals surface area contributed by atoms with Gasteiger partial charge in [0.15, 0.2) is 5.96 Å². The summed E-state index contributed by atoms with van der Waals surface area (Å²) in [4.78, 5) is 21.2. The molecule has 2 aliphatic heterocycles. The van der Waals surface area contributed by atoms with Crippen LogP contribution in [0.4, 0.5) is 0 Å². The summed E-state index contributed by atoms with van der Waals surface area (Å²) in [6, 6.07) is 9.19. The molecule has 3 rings (SSSR count). The van der Waals surface area contributed by atoms with Gasteiger partial charge in [0.25, 0.3) is 0 Å². The third kappa shape index (κ3) is 7.01. The second-order valence-corrected chi connectivity index (χ2v) is 8.53. The molecule has 2 N–H and O–H groups in total. The molecule has 0 radical (unpaired) electrons. The first-order chi connectivity index (χ1) is 14.7. The number of hydrogen-bond acceptors (Lipinski definition) is 3. The summed E-state index contributed by atoms with van der Waals surface area (Å²) >= 11 is 0. The number of nitrogens with one attached hydrogen (secondary N) is 2. The highest BCUT2D eigenvalue weighted by molar-refractivity contribution is 5.80. The van der Waals surface area contributed by atoms with Gasteiger partial charge in [0.05, 0.1) is 6.54 Å². The molecule has 0 aromatic heterocycles. The van der Waals surface area contributed by atoms with Crippen LogP contribution >= 0.6 is 0 Å². The summed E-state index contributed by atoms with van der Waals surface area (Å²) in [7, 11) is 0. The summed E-state index contributed by atoms with van der Waals surface area (Å²) in [5, 5.41) is 6.84. The first kappa shape index (κ1) is 22.6. The van der Waals surface area contributed by atoms with Crippen LogP contribution in [0.5, 0.6) is 0 Å². The SMILES string of the molecule is CCNC(=NCc1ccc(CN2CCCCCC2)cc1)NC1CCN(C(=O)CC)C1. The maximum absolute atomic E-state index is 11.9. The summed E-state index contributed by atoms with van der Waals surface area (Å²) in [5.41, 5.74) is 2.61.